The Kier molecular flexibility index (Phi) is 9.11. The number of halogens is 1. The molecule has 0 spiro atoms. The third-order valence-corrected chi connectivity index (χ3v) is 8.93. The number of carbonyl (C=O) groups excluding carboxylic acids is 1. The number of nitrogens with zero attached hydrogens (tertiary/aromatic N) is 4. The van der Waals surface area contributed by atoms with Crippen molar-refractivity contribution in [3.8, 4) is 0 Å². The fraction of sp³-hybridized carbons (Fsp3) is 0.625. The molecule has 224 valence electrons. The molecule has 1 unspecified atom stereocenters. The molecule has 3 aliphatic rings. The van der Waals surface area contributed by atoms with Gasteiger partial charge in [0, 0.05) is 56.3 Å². The van der Waals surface area contributed by atoms with Crippen molar-refractivity contribution in [2.24, 2.45) is 0 Å². The first-order chi connectivity index (χ1) is 19.6. The Morgan fingerprint density at radius 1 is 1.24 bits per heavy atom. The average Bonchev–Trinajstić information content (AvgIpc) is 3.21. The Bertz CT molecular complexity index is 1220. The summed E-state index contributed by atoms with van der Waals surface area (Å²) in [5, 5.41) is 14.5. The maximum Gasteiger partial charge on any atom is 0.241 e. The van der Waals surface area contributed by atoms with Crippen LogP contribution >= 0.6 is 0 Å². The van der Waals surface area contributed by atoms with E-state index in [2.05, 4.69) is 42.8 Å². The van der Waals surface area contributed by atoms with Crippen LogP contribution in [0, 0.1) is 5.82 Å². The van der Waals surface area contributed by atoms with Crippen molar-refractivity contribution < 1.29 is 19.0 Å². The molecule has 0 aliphatic carbocycles. The van der Waals surface area contributed by atoms with Crippen LogP contribution in [-0.2, 0) is 21.4 Å². The zero-order chi connectivity index (χ0) is 29.3. The van der Waals surface area contributed by atoms with Gasteiger partial charge in [-0.1, -0.05) is 32.9 Å². The molecule has 1 aromatic heterocycles. The maximum atomic E-state index is 14.1. The molecule has 3 aliphatic heterocycles. The summed E-state index contributed by atoms with van der Waals surface area (Å²) in [4.78, 5) is 25.8. The monoisotopic (exact) mass is 567 g/mol. The molecular weight excluding hydrogens is 521 g/mol. The van der Waals surface area contributed by atoms with Gasteiger partial charge in [-0.15, -0.1) is 0 Å². The molecule has 0 radical (unpaired) electrons. The number of morpholine rings is 1. The molecule has 2 saturated heterocycles. The summed E-state index contributed by atoms with van der Waals surface area (Å²) >= 11 is 0. The lowest BCUT2D eigenvalue weighted by molar-refractivity contribution is -0.121. The van der Waals surface area contributed by atoms with E-state index in [1.165, 1.54) is 12.1 Å². The summed E-state index contributed by atoms with van der Waals surface area (Å²) in [6.07, 6.45) is 0.335. The van der Waals surface area contributed by atoms with E-state index >= 15 is 0 Å². The van der Waals surface area contributed by atoms with Gasteiger partial charge in [0.05, 0.1) is 42.9 Å². The summed E-state index contributed by atoms with van der Waals surface area (Å²) in [5.41, 5.74) is 3.78. The predicted molar refractivity (Wildman–Crippen MR) is 159 cm³/mol. The Morgan fingerprint density at radius 3 is 2.71 bits per heavy atom. The number of pyridine rings is 1. The standard InChI is InChI=1S/C32H46FN5O3/c1-6-28(39)30-24(13-23-7-9-25(33)10-8-23)14-27-31(35-30)32(4,5)20-38(27)29(40)18-37-16-21(2)34-15-26(37)17-36-11-12-41-19-22(36)3/h7-10,14,21-22,26,28,34,39H,6,11-13,15-20H2,1-5H3/t21-,22-,26-,28?/m1/s1. The van der Waals surface area contributed by atoms with Gasteiger partial charge in [0.25, 0.3) is 0 Å². The van der Waals surface area contributed by atoms with Crippen molar-refractivity contribution >= 4 is 11.6 Å². The van der Waals surface area contributed by atoms with Crippen LogP contribution < -0.4 is 10.2 Å². The molecule has 8 nitrogen and oxygen atoms in total. The number of amides is 1. The summed E-state index contributed by atoms with van der Waals surface area (Å²) in [5.74, 6) is -0.207. The van der Waals surface area contributed by atoms with Crippen LogP contribution in [0.1, 0.15) is 69.7 Å². The quantitative estimate of drug-likeness (QED) is 0.507. The first kappa shape index (κ1) is 30.0. The van der Waals surface area contributed by atoms with E-state index in [0.717, 1.165) is 61.9 Å². The van der Waals surface area contributed by atoms with Crippen LogP contribution in [0.25, 0.3) is 0 Å². The average molecular weight is 568 g/mol. The number of piperazine rings is 1. The van der Waals surface area contributed by atoms with E-state index in [0.29, 0.717) is 43.7 Å². The van der Waals surface area contributed by atoms with Gasteiger partial charge in [-0.2, -0.15) is 0 Å². The van der Waals surface area contributed by atoms with Crippen LogP contribution in [-0.4, -0.2) is 96.4 Å². The van der Waals surface area contributed by atoms with Gasteiger partial charge < -0.3 is 20.1 Å². The minimum atomic E-state index is -0.707. The lowest BCUT2D eigenvalue weighted by Gasteiger charge is -2.43. The number of nitrogens with one attached hydrogen (secondary N) is 1. The molecule has 2 fully saturated rings. The fourth-order valence-electron chi connectivity index (χ4n) is 6.45. The van der Waals surface area contributed by atoms with E-state index in [1.54, 1.807) is 12.1 Å². The topological polar surface area (TPSA) is 81.2 Å². The van der Waals surface area contributed by atoms with Crippen LogP contribution in [0.5, 0.6) is 0 Å². The van der Waals surface area contributed by atoms with E-state index < -0.39 is 6.10 Å². The van der Waals surface area contributed by atoms with Crippen molar-refractivity contribution in [2.45, 2.75) is 77.1 Å². The summed E-state index contributed by atoms with van der Waals surface area (Å²) in [7, 11) is 0. The second-order valence-electron chi connectivity index (χ2n) is 12.8. The highest BCUT2D eigenvalue weighted by molar-refractivity contribution is 5.97. The SMILES string of the molecule is CCC(O)c1nc2c(cc1Cc1ccc(F)cc1)N(C(=O)CN1C[C@@H](C)NC[C@@H]1CN1CCOC[C@H]1C)CC2(C)C. The second kappa shape index (κ2) is 12.4. The second-order valence-corrected chi connectivity index (χ2v) is 12.8. The smallest absolute Gasteiger partial charge is 0.241 e. The lowest BCUT2D eigenvalue weighted by Crippen LogP contribution is -2.62. The zero-order valence-electron chi connectivity index (χ0n) is 25.2. The molecular formula is C32H46FN5O3. The van der Waals surface area contributed by atoms with Gasteiger partial charge in [-0.05, 0) is 56.0 Å². The number of aliphatic hydroxyl groups excluding tert-OH is 1. The summed E-state index contributed by atoms with van der Waals surface area (Å²) in [6, 6.07) is 9.38. The molecule has 1 aromatic carbocycles. The number of aliphatic hydroxyl groups is 1. The largest absolute Gasteiger partial charge is 0.387 e. The normalized spacial score (nSPS) is 25.7. The van der Waals surface area contributed by atoms with Crippen LogP contribution in [0.2, 0.25) is 0 Å². The highest BCUT2D eigenvalue weighted by Gasteiger charge is 2.42. The number of rotatable bonds is 8. The number of anilines is 1. The number of fused-ring (bicyclic) bond motifs is 1. The minimum Gasteiger partial charge on any atom is -0.387 e. The van der Waals surface area contributed by atoms with Crippen LogP contribution in [0.3, 0.4) is 0 Å². The van der Waals surface area contributed by atoms with E-state index in [4.69, 9.17) is 9.72 Å². The van der Waals surface area contributed by atoms with Crippen molar-refractivity contribution in [3.63, 3.8) is 0 Å². The molecule has 2 aromatic rings. The number of aromatic nitrogens is 1. The van der Waals surface area contributed by atoms with Crippen LogP contribution in [0.15, 0.2) is 30.3 Å². The molecule has 0 saturated carbocycles. The highest BCUT2D eigenvalue weighted by Crippen LogP contribution is 2.42. The Hall–Kier alpha value is -2.43. The highest BCUT2D eigenvalue weighted by atomic mass is 19.1. The third-order valence-electron chi connectivity index (χ3n) is 8.93. The van der Waals surface area contributed by atoms with E-state index in [1.807, 2.05) is 17.9 Å². The number of carbonyl (C=O) groups is 1. The molecule has 2 N–H and O–H groups in total. The Morgan fingerprint density at radius 2 is 2.00 bits per heavy atom. The minimum absolute atomic E-state index is 0.0734. The molecule has 4 heterocycles. The maximum absolute atomic E-state index is 14.1. The van der Waals surface area contributed by atoms with Gasteiger partial charge in [-0.25, -0.2) is 4.39 Å². The van der Waals surface area contributed by atoms with Gasteiger partial charge in [-0.3, -0.25) is 19.6 Å². The molecule has 5 rings (SSSR count). The lowest BCUT2D eigenvalue weighted by atomic mass is 9.89. The molecule has 0 bridgehead atoms. The molecule has 1 amide bonds. The Balaban J connectivity index is 1.41. The number of hydrogen-bond acceptors (Lipinski definition) is 7. The number of ether oxygens (including phenoxy) is 1. The van der Waals surface area contributed by atoms with Gasteiger partial charge in [0.1, 0.15) is 5.82 Å². The van der Waals surface area contributed by atoms with E-state index in [-0.39, 0.29) is 23.2 Å². The van der Waals surface area contributed by atoms with E-state index in [9.17, 15) is 14.3 Å². The first-order valence-electron chi connectivity index (χ1n) is 15.1. The van der Waals surface area contributed by atoms with Crippen molar-refractivity contribution in [2.75, 3.05) is 57.4 Å². The molecule has 9 heteroatoms. The van der Waals surface area contributed by atoms with Crippen molar-refractivity contribution in [1.29, 1.82) is 0 Å². The van der Waals surface area contributed by atoms with Gasteiger partial charge in [0.15, 0.2) is 0 Å². The predicted octanol–water partition coefficient (Wildman–Crippen LogP) is 3.26. The first-order valence-corrected chi connectivity index (χ1v) is 15.1. The summed E-state index contributed by atoms with van der Waals surface area (Å²) < 4.78 is 19.2. The number of benzene rings is 1. The third kappa shape index (κ3) is 6.65. The molecule has 41 heavy (non-hydrogen) atoms. The zero-order valence-corrected chi connectivity index (χ0v) is 25.2. The summed E-state index contributed by atoms with van der Waals surface area (Å²) in [6.45, 7) is 16.4. The van der Waals surface area contributed by atoms with Crippen molar-refractivity contribution in [3.05, 3.63) is 58.7 Å². The molecule has 4 atom stereocenters. The van der Waals surface area contributed by atoms with Crippen LogP contribution in [0.4, 0.5) is 10.1 Å². The van der Waals surface area contributed by atoms with Crippen molar-refractivity contribution in [1.82, 2.24) is 20.1 Å². The Labute approximate surface area is 243 Å². The van der Waals surface area contributed by atoms with Gasteiger partial charge >= 0.3 is 0 Å². The fourth-order valence-corrected chi connectivity index (χ4v) is 6.45. The van der Waals surface area contributed by atoms with Gasteiger partial charge in [0.2, 0.25) is 5.91 Å². The number of hydrogen-bond donors (Lipinski definition) is 2.